The molecule has 6 fully saturated rings. The third kappa shape index (κ3) is 13.7. The minimum atomic E-state index is -4.26. The van der Waals surface area contributed by atoms with Gasteiger partial charge in [-0.2, -0.15) is 17.6 Å². The molecule has 1 spiro atoms. The Hall–Kier alpha value is -0.890. The molecule has 52 heavy (non-hydrogen) atoms. The van der Waals surface area contributed by atoms with Crippen molar-refractivity contribution in [2.24, 2.45) is 17.8 Å². The zero-order chi connectivity index (χ0) is 39.3. The molecule has 3 atom stereocenters. The molecule has 0 aromatic carbocycles. The average Bonchev–Trinajstić information content (AvgIpc) is 3.17. The van der Waals surface area contributed by atoms with Crippen molar-refractivity contribution >= 4 is 93.4 Å². The first kappa shape index (κ1) is 47.3. The van der Waals surface area contributed by atoms with Gasteiger partial charge in [0.1, 0.15) is 52.0 Å². The number of ether oxygens (including phenoxy) is 6. The molecule has 0 amide bonds. The average molecular weight is 1010 g/mol. The van der Waals surface area contributed by atoms with E-state index in [9.17, 15) is 41.5 Å². The summed E-state index contributed by atoms with van der Waals surface area (Å²) in [6.07, 6.45) is 5.37. The fourth-order valence-electron chi connectivity index (χ4n) is 7.18. The fraction of sp³-hybridized carbons (Fsp3) is 0.848. The number of Topliss-reactive ketones (excluding diaryl/α,β-unsaturated/α-hetero) is 1. The van der Waals surface area contributed by atoms with Crippen molar-refractivity contribution in [3.05, 3.63) is 0 Å². The largest absolute Gasteiger partial charge is 0.465 e. The maximum atomic E-state index is 13.7. The van der Waals surface area contributed by atoms with E-state index in [1.54, 1.807) is 6.92 Å². The van der Waals surface area contributed by atoms with Gasteiger partial charge in [-0.3, -0.25) is 24.0 Å². The molecule has 1 heterocycles. The Morgan fingerprint density at radius 2 is 1.33 bits per heavy atom. The second kappa shape index (κ2) is 21.4. The summed E-state index contributed by atoms with van der Waals surface area (Å²) in [6, 6.07) is 0. The number of hydrogen-bond acceptors (Lipinski definition) is 11. The van der Waals surface area contributed by atoms with Crippen LogP contribution in [0, 0.1) is 17.8 Å². The molecule has 3 unspecified atom stereocenters. The maximum absolute atomic E-state index is 13.7. The summed E-state index contributed by atoms with van der Waals surface area (Å²) in [5.41, 5.74) is -0.656. The first-order valence-electron chi connectivity index (χ1n) is 16.9. The zero-order valence-corrected chi connectivity index (χ0v) is 35.6. The fourth-order valence-corrected chi connectivity index (χ4v) is 7.72. The highest BCUT2D eigenvalue weighted by Gasteiger charge is 2.69. The molecule has 4 bridgehead atoms. The number of carbonyl (C=O) groups is 5. The van der Waals surface area contributed by atoms with E-state index >= 15 is 0 Å². The summed E-state index contributed by atoms with van der Waals surface area (Å²) in [5.74, 6) is -11.2. The monoisotopic (exact) mass is 1010 g/mol. The van der Waals surface area contributed by atoms with E-state index in [4.69, 9.17) is 23.7 Å². The van der Waals surface area contributed by atoms with Gasteiger partial charge >= 0.3 is 35.7 Å². The van der Waals surface area contributed by atoms with Gasteiger partial charge in [0.2, 0.25) is 0 Å². The topological polar surface area (TPSA) is 141 Å². The molecule has 1 aliphatic heterocycles. The standard InChI is InChI=1S/C16H19BrF4O4.C8H11BrO3.C5H9BrO2.C4H7BrO2/c17-6-12(22)25-13-3-9-1-10(4-13)16(11(2-9)5-13)23-7-14(18,19)15(20,21)8-24-16;9-5-8(11)12-7-3-1-2-6(10)4-7;1-4(2)8-5(7)3-6;1-2-7-4(6)3-5/h9-11H,1-8H2;7H,1-5H2;4H,3H2,1-2H3;2-3H2,1H3. The lowest BCUT2D eigenvalue weighted by molar-refractivity contribution is -0.354. The number of esters is 4. The van der Waals surface area contributed by atoms with E-state index in [0.29, 0.717) is 50.5 Å². The molecule has 300 valence electrons. The lowest BCUT2D eigenvalue weighted by atomic mass is 9.51. The SMILES string of the molecule is CC(C)OC(=O)CBr.CCOC(=O)CBr.O=C(CBr)OC12CC3CC(C1)C1(OCC(F)(F)C(F)(F)CO1)C(C3)C2.O=C1CCCC(OC(=O)CBr)C1. The van der Waals surface area contributed by atoms with Crippen LogP contribution in [0.5, 0.6) is 0 Å². The number of carbonyl (C=O) groups excluding carboxylic acids is 5. The van der Waals surface area contributed by atoms with E-state index in [1.807, 2.05) is 13.8 Å². The first-order valence-corrected chi connectivity index (χ1v) is 21.4. The van der Waals surface area contributed by atoms with Gasteiger partial charge in [-0.25, -0.2) is 0 Å². The van der Waals surface area contributed by atoms with Crippen LogP contribution >= 0.6 is 63.7 Å². The molecule has 6 rings (SSSR count). The Labute approximate surface area is 334 Å². The van der Waals surface area contributed by atoms with Crippen molar-refractivity contribution < 1.29 is 70.0 Å². The van der Waals surface area contributed by atoms with Gasteiger partial charge < -0.3 is 28.4 Å². The van der Waals surface area contributed by atoms with Crippen molar-refractivity contribution in [2.45, 2.75) is 114 Å². The molecular weight excluding hydrogens is 968 g/mol. The summed E-state index contributed by atoms with van der Waals surface area (Å²) in [6.45, 7) is 3.17. The molecule has 1 saturated heterocycles. The molecule has 5 aliphatic carbocycles. The minimum Gasteiger partial charge on any atom is -0.465 e. The molecule has 19 heteroatoms. The molecule has 5 saturated carbocycles. The lowest BCUT2D eigenvalue weighted by Crippen LogP contribution is -2.66. The zero-order valence-electron chi connectivity index (χ0n) is 29.2. The molecule has 0 N–H and O–H groups in total. The molecule has 0 aromatic rings. The third-order valence-electron chi connectivity index (χ3n) is 8.94. The highest BCUT2D eigenvalue weighted by atomic mass is 79.9. The van der Waals surface area contributed by atoms with E-state index < -0.39 is 36.4 Å². The van der Waals surface area contributed by atoms with E-state index in [-0.39, 0.29) is 75.6 Å². The van der Waals surface area contributed by atoms with Crippen LogP contribution in [-0.4, -0.2) is 106 Å². The van der Waals surface area contributed by atoms with Crippen molar-refractivity contribution in [1.29, 1.82) is 0 Å². The van der Waals surface area contributed by atoms with Crippen molar-refractivity contribution in [1.82, 2.24) is 0 Å². The van der Waals surface area contributed by atoms with Crippen LogP contribution in [-0.2, 0) is 52.4 Å². The summed E-state index contributed by atoms with van der Waals surface area (Å²) in [4.78, 5) is 54.0. The maximum Gasteiger partial charge on any atom is 0.335 e. The predicted molar refractivity (Wildman–Crippen MR) is 193 cm³/mol. The summed E-state index contributed by atoms with van der Waals surface area (Å²) < 4.78 is 85.5. The van der Waals surface area contributed by atoms with Gasteiger partial charge in [-0.1, -0.05) is 63.7 Å². The summed E-state index contributed by atoms with van der Waals surface area (Å²) >= 11 is 12.0. The van der Waals surface area contributed by atoms with E-state index in [0.717, 1.165) is 19.3 Å². The summed E-state index contributed by atoms with van der Waals surface area (Å²) in [7, 11) is 0. The Morgan fingerprint density at radius 1 is 0.808 bits per heavy atom. The van der Waals surface area contributed by atoms with Gasteiger partial charge in [0.15, 0.2) is 5.79 Å². The number of rotatable bonds is 8. The Balaban J connectivity index is 0.000000288. The van der Waals surface area contributed by atoms with E-state index in [1.165, 1.54) is 0 Å². The molecular formula is C33H46Br4F4O11. The van der Waals surface area contributed by atoms with Gasteiger partial charge in [0.05, 0.1) is 12.7 Å². The van der Waals surface area contributed by atoms with Crippen molar-refractivity contribution in [3.63, 3.8) is 0 Å². The number of halogens is 8. The number of alkyl halides is 8. The second-order valence-electron chi connectivity index (χ2n) is 13.3. The Bertz CT molecular complexity index is 1190. The van der Waals surface area contributed by atoms with Crippen molar-refractivity contribution in [2.75, 3.05) is 41.1 Å². The molecule has 6 aliphatic rings. The van der Waals surface area contributed by atoms with Crippen LogP contribution in [0.25, 0.3) is 0 Å². The van der Waals surface area contributed by atoms with Gasteiger partial charge in [-0.15, -0.1) is 0 Å². The molecule has 0 aromatic heterocycles. The van der Waals surface area contributed by atoms with Crippen molar-refractivity contribution in [3.8, 4) is 0 Å². The van der Waals surface area contributed by atoms with Crippen LogP contribution in [0.1, 0.15) is 78.6 Å². The normalized spacial score (nSPS) is 28.7. The Kier molecular flexibility index (Phi) is 19.5. The highest BCUT2D eigenvalue weighted by Crippen LogP contribution is 2.63. The van der Waals surface area contributed by atoms with Crippen LogP contribution in [0.2, 0.25) is 0 Å². The second-order valence-corrected chi connectivity index (χ2v) is 15.6. The predicted octanol–water partition coefficient (Wildman–Crippen LogP) is 7.23. The van der Waals surface area contributed by atoms with E-state index in [2.05, 4.69) is 68.5 Å². The lowest BCUT2D eigenvalue weighted by Gasteiger charge is -2.62. The van der Waals surface area contributed by atoms with Crippen LogP contribution in [0.15, 0.2) is 0 Å². The molecule has 0 radical (unpaired) electrons. The summed E-state index contributed by atoms with van der Waals surface area (Å²) in [5, 5.41) is 0.856. The molecule has 11 nitrogen and oxygen atoms in total. The van der Waals surface area contributed by atoms with Gasteiger partial charge in [-0.05, 0) is 71.6 Å². The van der Waals surface area contributed by atoms with Gasteiger partial charge in [0.25, 0.3) is 0 Å². The van der Waals surface area contributed by atoms with Crippen LogP contribution < -0.4 is 0 Å². The third-order valence-corrected chi connectivity index (χ3v) is 10.8. The first-order chi connectivity index (χ1) is 24.3. The van der Waals surface area contributed by atoms with Gasteiger partial charge in [0, 0.05) is 24.7 Å². The Morgan fingerprint density at radius 3 is 1.73 bits per heavy atom. The highest BCUT2D eigenvalue weighted by molar-refractivity contribution is 9.10. The number of ketones is 1. The van der Waals surface area contributed by atoms with Crippen LogP contribution in [0.3, 0.4) is 0 Å². The minimum absolute atomic E-state index is 0.0000463. The quantitative estimate of drug-likeness (QED) is 0.105. The van der Waals surface area contributed by atoms with Crippen LogP contribution in [0.4, 0.5) is 17.6 Å². The smallest absolute Gasteiger partial charge is 0.335 e. The number of hydrogen-bond donors (Lipinski definition) is 0.